The molecule has 0 bridgehead atoms. The van der Waals surface area contributed by atoms with Crippen LogP contribution >= 0.6 is 24.0 Å². The summed E-state index contributed by atoms with van der Waals surface area (Å²) in [7, 11) is 1.08. The highest BCUT2D eigenvalue weighted by Crippen LogP contribution is 2.15. The molecule has 0 aliphatic rings. The third-order valence-corrected chi connectivity index (χ3v) is 2.25. The molecule has 0 unspecified atom stereocenters. The Morgan fingerprint density at radius 2 is 1.95 bits per heavy atom. The first-order chi connectivity index (χ1) is 8.61. The molecule has 0 spiro atoms. The van der Waals surface area contributed by atoms with Gasteiger partial charge in [-0.25, -0.2) is 4.99 Å². The van der Waals surface area contributed by atoms with Crippen LogP contribution in [0.2, 0.25) is 0 Å². The van der Waals surface area contributed by atoms with E-state index in [-0.39, 0.29) is 29.9 Å². The molecule has 0 saturated carbocycles. The van der Waals surface area contributed by atoms with Gasteiger partial charge in [0, 0.05) is 13.6 Å². The van der Waals surface area contributed by atoms with Gasteiger partial charge in [-0.05, 0) is 12.3 Å². The summed E-state index contributed by atoms with van der Waals surface area (Å²) in [6.45, 7) is 3.02. The summed E-state index contributed by atoms with van der Waals surface area (Å²) >= 11 is 0. The summed E-state index contributed by atoms with van der Waals surface area (Å²) in [4.78, 5) is 15.6. The van der Waals surface area contributed by atoms with Crippen LogP contribution in [-0.4, -0.2) is 49.6 Å². The van der Waals surface area contributed by atoms with Gasteiger partial charge in [0.05, 0.1) is 0 Å². The molecule has 0 heterocycles. The Balaban J connectivity index is 0. The van der Waals surface area contributed by atoms with E-state index in [1.165, 1.54) is 0 Å². The lowest BCUT2D eigenvalue weighted by molar-refractivity contribution is -0.157. The zero-order valence-corrected chi connectivity index (χ0v) is 14.2. The standard InChI is InChI=1S/C11H21F3N4O.HI/c1-8(2)4-5-16-10(15)17-6-9(19)18(3)7-11(12,13)14;/h8H,4-7H2,1-3H3,(H3,15,16,17);1H. The van der Waals surface area contributed by atoms with Crippen LogP contribution in [0, 0.1) is 5.92 Å². The van der Waals surface area contributed by atoms with Gasteiger partial charge in [0.25, 0.3) is 0 Å². The maximum Gasteiger partial charge on any atom is 0.406 e. The Kier molecular flexibility index (Phi) is 10.8. The van der Waals surface area contributed by atoms with Gasteiger partial charge < -0.3 is 16.0 Å². The molecule has 0 fully saturated rings. The number of rotatable bonds is 6. The molecule has 3 N–H and O–H groups in total. The van der Waals surface area contributed by atoms with Crippen molar-refractivity contribution < 1.29 is 18.0 Å². The highest BCUT2D eigenvalue weighted by atomic mass is 127. The second-order valence-electron chi connectivity index (χ2n) is 4.68. The number of hydrogen-bond acceptors (Lipinski definition) is 2. The fourth-order valence-corrected chi connectivity index (χ4v) is 1.18. The van der Waals surface area contributed by atoms with Crippen molar-refractivity contribution in [1.82, 2.24) is 10.2 Å². The SMILES string of the molecule is CC(C)CCNC(N)=NCC(=O)N(C)CC(F)(F)F.I. The minimum Gasteiger partial charge on any atom is -0.370 e. The molecule has 5 nitrogen and oxygen atoms in total. The molecule has 9 heteroatoms. The number of likely N-dealkylation sites (N-methyl/N-ethyl adjacent to an activating group) is 1. The van der Waals surface area contributed by atoms with Crippen molar-refractivity contribution in [3.63, 3.8) is 0 Å². The van der Waals surface area contributed by atoms with E-state index in [9.17, 15) is 18.0 Å². The first-order valence-electron chi connectivity index (χ1n) is 5.96. The Morgan fingerprint density at radius 3 is 2.40 bits per heavy atom. The number of carbonyl (C=O) groups excluding carboxylic acids is 1. The average Bonchev–Trinajstić information content (AvgIpc) is 2.22. The second-order valence-corrected chi connectivity index (χ2v) is 4.68. The number of nitrogens with zero attached hydrogens (tertiary/aromatic N) is 2. The number of nitrogens with two attached hydrogens (primary N) is 1. The van der Waals surface area contributed by atoms with Crippen molar-refractivity contribution in [3.8, 4) is 0 Å². The minimum absolute atomic E-state index is 0. The number of aliphatic imine (C=N–C) groups is 1. The number of hydrogen-bond donors (Lipinski definition) is 2. The van der Waals surface area contributed by atoms with E-state index in [1.54, 1.807) is 0 Å². The van der Waals surface area contributed by atoms with Gasteiger partial charge in [-0.3, -0.25) is 4.79 Å². The lowest BCUT2D eigenvalue weighted by Gasteiger charge is -2.18. The van der Waals surface area contributed by atoms with E-state index in [0.717, 1.165) is 13.5 Å². The fraction of sp³-hybridized carbons (Fsp3) is 0.818. The number of halogens is 4. The van der Waals surface area contributed by atoms with Crippen LogP contribution in [0.25, 0.3) is 0 Å². The fourth-order valence-electron chi connectivity index (χ4n) is 1.18. The summed E-state index contributed by atoms with van der Waals surface area (Å²) in [6, 6.07) is 0. The maximum absolute atomic E-state index is 12.0. The van der Waals surface area contributed by atoms with Crippen molar-refractivity contribution in [2.75, 3.05) is 26.7 Å². The predicted octanol–water partition coefficient (Wildman–Crippen LogP) is 1.58. The topological polar surface area (TPSA) is 70.7 Å². The third-order valence-electron chi connectivity index (χ3n) is 2.25. The molecule has 0 aliphatic heterocycles. The van der Waals surface area contributed by atoms with Crippen molar-refractivity contribution >= 4 is 35.8 Å². The number of carbonyl (C=O) groups is 1. The zero-order valence-electron chi connectivity index (χ0n) is 11.8. The van der Waals surface area contributed by atoms with Crippen LogP contribution < -0.4 is 11.1 Å². The molecule has 0 aliphatic carbocycles. The molecule has 0 radical (unpaired) electrons. The number of nitrogens with one attached hydrogen (secondary N) is 1. The largest absolute Gasteiger partial charge is 0.406 e. The Morgan fingerprint density at radius 1 is 1.40 bits per heavy atom. The average molecular weight is 410 g/mol. The highest BCUT2D eigenvalue weighted by molar-refractivity contribution is 14.0. The normalized spacial score (nSPS) is 12.1. The monoisotopic (exact) mass is 410 g/mol. The molecular weight excluding hydrogens is 388 g/mol. The van der Waals surface area contributed by atoms with Crippen LogP contribution in [0.5, 0.6) is 0 Å². The maximum atomic E-state index is 12.0. The van der Waals surface area contributed by atoms with E-state index < -0.39 is 25.2 Å². The Bertz CT molecular complexity index is 321. The summed E-state index contributed by atoms with van der Waals surface area (Å²) in [5.74, 6) is -0.166. The van der Waals surface area contributed by atoms with E-state index in [2.05, 4.69) is 10.3 Å². The molecule has 1 amide bonds. The summed E-state index contributed by atoms with van der Waals surface area (Å²) in [6.07, 6.45) is -3.52. The van der Waals surface area contributed by atoms with Gasteiger partial charge in [-0.15, -0.1) is 24.0 Å². The zero-order chi connectivity index (χ0) is 15.1. The van der Waals surface area contributed by atoms with Crippen molar-refractivity contribution in [1.29, 1.82) is 0 Å². The van der Waals surface area contributed by atoms with Crippen molar-refractivity contribution in [2.45, 2.75) is 26.4 Å². The molecule has 0 rings (SSSR count). The predicted molar refractivity (Wildman–Crippen MR) is 83.1 cm³/mol. The lowest BCUT2D eigenvalue weighted by atomic mass is 10.1. The number of guanidine groups is 1. The number of alkyl halides is 3. The molecule has 0 aromatic carbocycles. The van der Waals surface area contributed by atoms with Gasteiger partial charge in [-0.1, -0.05) is 13.8 Å². The molecule has 0 aromatic heterocycles. The van der Waals surface area contributed by atoms with Crippen LogP contribution in [0.15, 0.2) is 4.99 Å². The van der Waals surface area contributed by atoms with Crippen LogP contribution in [0.3, 0.4) is 0 Å². The number of amides is 1. The van der Waals surface area contributed by atoms with Gasteiger partial charge in [0.1, 0.15) is 13.1 Å². The Labute approximate surface area is 134 Å². The van der Waals surface area contributed by atoms with Crippen LogP contribution in [0.1, 0.15) is 20.3 Å². The van der Waals surface area contributed by atoms with Crippen LogP contribution in [-0.2, 0) is 4.79 Å². The molecule has 20 heavy (non-hydrogen) atoms. The first kappa shape index (κ1) is 21.6. The van der Waals surface area contributed by atoms with Crippen LogP contribution in [0.4, 0.5) is 13.2 Å². The first-order valence-corrected chi connectivity index (χ1v) is 5.96. The summed E-state index contributed by atoms with van der Waals surface area (Å²) in [5, 5.41) is 2.79. The van der Waals surface area contributed by atoms with Gasteiger partial charge >= 0.3 is 6.18 Å². The van der Waals surface area contributed by atoms with E-state index >= 15 is 0 Å². The lowest BCUT2D eigenvalue weighted by Crippen LogP contribution is -2.38. The smallest absolute Gasteiger partial charge is 0.370 e. The summed E-state index contributed by atoms with van der Waals surface area (Å²) in [5.41, 5.74) is 5.48. The summed E-state index contributed by atoms with van der Waals surface area (Å²) < 4.78 is 36.1. The van der Waals surface area contributed by atoms with Crippen molar-refractivity contribution in [3.05, 3.63) is 0 Å². The minimum atomic E-state index is -4.41. The highest BCUT2D eigenvalue weighted by Gasteiger charge is 2.30. The van der Waals surface area contributed by atoms with E-state index in [4.69, 9.17) is 5.73 Å². The van der Waals surface area contributed by atoms with Gasteiger partial charge in [0.15, 0.2) is 5.96 Å². The Hall–Kier alpha value is -0.740. The second kappa shape index (κ2) is 10.1. The van der Waals surface area contributed by atoms with Crippen molar-refractivity contribution in [2.24, 2.45) is 16.6 Å². The van der Waals surface area contributed by atoms with E-state index in [1.807, 2.05) is 13.8 Å². The molecule has 120 valence electrons. The molecule has 0 aromatic rings. The molecule has 0 atom stereocenters. The molecule has 0 saturated heterocycles. The quantitative estimate of drug-likeness (QED) is 0.397. The third kappa shape index (κ3) is 12.3. The van der Waals surface area contributed by atoms with Gasteiger partial charge in [0.2, 0.25) is 5.91 Å². The van der Waals surface area contributed by atoms with E-state index in [0.29, 0.717) is 17.4 Å². The van der Waals surface area contributed by atoms with Gasteiger partial charge in [-0.2, -0.15) is 13.2 Å². The molecular formula is C11H22F3IN4O.